The van der Waals surface area contributed by atoms with Crippen LogP contribution in [0.1, 0.15) is 67.6 Å². The van der Waals surface area contributed by atoms with E-state index < -0.39 is 11.7 Å². The molecule has 0 bridgehead atoms. The number of aromatic nitrogens is 4. The Morgan fingerprint density at radius 3 is 2.19 bits per heavy atom. The highest BCUT2D eigenvalue weighted by Crippen LogP contribution is 2.29. The fourth-order valence-electron chi connectivity index (χ4n) is 10.9. The monoisotopic (exact) mass is 982 g/mol. The molecule has 0 radical (unpaired) electrons. The van der Waals surface area contributed by atoms with E-state index >= 15 is 4.39 Å². The highest BCUT2D eigenvalue weighted by atomic mass is 19.1. The summed E-state index contributed by atoms with van der Waals surface area (Å²) >= 11 is 0. The van der Waals surface area contributed by atoms with Crippen molar-refractivity contribution in [2.24, 2.45) is 0 Å². The summed E-state index contributed by atoms with van der Waals surface area (Å²) in [6.07, 6.45) is 5.63. The van der Waals surface area contributed by atoms with Gasteiger partial charge in [-0.1, -0.05) is 36.4 Å². The normalized spacial score (nSPS) is 19.7. The van der Waals surface area contributed by atoms with Gasteiger partial charge in [0.1, 0.15) is 12.1 Å². The minimum atomic E-state index is -0.600. The van der Waals surface area contributed by atoms with E-state index in [9.17, 15) is 24.0 Å². The number of hydrogen-bond donors (Lipinski definition) is 2. The number of nitrogens with one attached hydrogen (secondary N) is 2. The number of carbonyl (C=O) groups excluding carboxylic acids is 4. The molecule has 1 atom stereocenters. The van der Waals surface area contributed by atoms with E-state index in [0.29, 0.717) is 99.5 Å². The Balaban J connectivity index is 0.598. The molecule has 2 N–H and O–H groups in total. The standard InChI is InChI=1S/C53H64FN13O5/c54-46-11-10-38(28-47-43-8-1-2-9-44(43)52(71)59-58-47)27-45(46)53(72)66-25-23-65(24-26-66)49(68)34-61-17-21-63(22-18-61)37-62-19-15-60(16-20-62)14-12-56-51(70)40-6-3-5-39(29-40)41-7-4-13-67(32-41)50(69)35-64-31-42-30-55-36-57-48(42)33-64/h1-3,5-6,8-11,27,29-30,36,41H,4,7,12-26,28,31-35,37H2,(H,56,70)(H,59,71)/t41-/m0/s1. The average molecular weight is 982 g/mol. The molecule has 0 aliphatic carbocycles. The molecule has 10 rings (SSSR count). The Morgan fingerprint density at radius 2 is 1.42 bits per heavy atom. The van der Waals surface area contributed by atoms with Crippen molar-refractivity contribution < 1.29 is 23.6 Å². The lowest BCUT2D eigenvalue weighted by Crippen LogP contribution is -2.56. The molecule has 18 nitrogen and oxygen atoms in total. The molecule has 0 saturated carbocycles. The summed E-state index contributed by atoms with van der Waals surface area (Å²) in [5.74, 6) is -0.708. The molecule has 5 aliphatic rings. The van der Waals surface area contributed by atoms with Gasteiger partial charge in [0, 0.05) is 153 Å². The van der Waals surface area contributed by atoms with Crippen molar-refractivity contribution in [1.29, 1.82) is 0 Å². The summed E-state index contributed by atoms with van der Waals surface area (Å²) < 4.78 is 15.1. The predicted octanol–water partition coefficient (Wildman–Crippen LogP) is 2.07. The van der Waals surface area contributed by atoms with Crippen LogP contribution in [0, 0.1) is 5.82 Å². The summed E-state index contributed by atoms with van der Waals surface area (Å²) in [4.78, 5) is 91.4. The highest BCUT2D eigenvalue weighted by Gasteiger charge is 2.31. The van der Waals surface area contributed by atoms with Gasteiger partial charge in [-0.3, -0.25) is 48.5 Å². The lowest BCUT2D eigenvalue weighted by Gasteiger charge is -2.41. The number of piperidine rings is 1. The molecule has 4 amide bonds. The van der Waals surface area contributed by atoms with E-state index in [4.69, 9.17) is 0 Å². The van der Waals surface area contributed by atoms with Gasteiger partial charge in [0.05, 0.1) is 42.1 Å². The second-order valence-electron chi connectivity index (χ2n) is 19.9. The number of aromatic amines is 1. The maximum absolute atomic E-state index is 15.1. The molecule has 19 heteroatoms. The van der Waals surface area contributed by atoms with E-state index in [1.54, 1.807) is 35.5 Å². The molecule has 72 heavy (non-hydrogen) atoms. The fourth-order valence-corrected chi connectivity index (χ4v) is 10.9. The molecule has 4 saturated heterocycles. The largest absolute Gasteiger partial charge is 0.351 e. The lowest BCUT2D eigenvalue weighted by atomic mass is 9.89. The first-order valence-electron chi connectivity index (χ1n) is 25.5. The average Bonchev–Trinajstić information content (AvgIpc) is 3.83. The Kier molecular flexibility index (Phi) is 15.3. The van der Waals surface area contributed by atoms with Crippen molar-refractivity contribution in [3.05, 3.63) is 135 Å². The van der Waals surface area contributed by atoms with Crippen LogP contribution in [0.3, 0.4) is 0 Å². The third-order valence-electron chi connectivity index (χ3n) is 15.1. The quantitative estimate of drug-likeness (QED) is 0.166. The van der Waals surface area contributed by atoms with E-state index in [-0.39, 0.29) is 34.8 Å². The van der Waals surface area contributed by atoms with E-state index in [1.165, 1.54) is 6.07 Å². The zero-order valence-electron chi connectivity index (χ0n) is 40.9. The highest BCUT2D eigenvalue weighted by molar-refractivity contribution is 5.95. The van der Waals surface area contributed by atoms with Crippen LogP contribution in [0.25, 0.3) is 10.8 Å². The minimum absolute atomic E-state index is 0.0166. The van der Waals surface area contributed by atoms with Gasteiger partial charge in [0.2, 0.25) is 11.8 Å². The Labute approximate surface area is 418 Å². The van der Waals surface area contributed by atoms with E-state index in [2.05, 4.69) is 56.0 Å². The summed E-state index contributed by atoms with van der Waals surface area (Å²) in [5.41, 5.74) is 4.88. The van der Waals surface area contributed by atoms with Crippen molar-refractivity contribution in [3.8, 4) is 0 Å². The maximum atomic E-state index is 15.1. The lowest BCUT2D eigenvalue weighted by molar-refractivity contribution is -0.134. The van der Waals surface area contributed by atoms with Crippen LogP contribution >= 0.6 is 0 Å². The van der Waals surface area contributed by atoms with E-state index in [0.717, 1.165) is 102 Å². The summed E-state index contributed by atoms with van der Waals surface area (Å²) in [6, 6.07) is 19.6. The smallest absolute Gasteiger partial charge is 0.272 e. The van der Waals surface area contributed by atoms with E-state index in [1.807, 2.05) is 46.3 Å². The van der Waals surface area contributed by atoms with Crippen LogP contribution in [-0.4, -0.2) is 207 Å². The number of amides is 4. The van der Waals surface area contributed by atoms with Gasteiger partial charge in [-0.05, 0) is 54.3 Å². The van der Waals surface area contributed by atoms with Gasteiger partial charge in [-0.25, -0.2) is 19.5 Å². The molecule has 7 heterocycles. The zero-order valence-corrected chi connectivity index (χ0v) is 40.9. The maximum Gasteiger partial charge on any atom is 0.272 e. The van der Waals surface area contributed by atoms with Gasteiger partial charge >= 0.3 is 0 Å². The minimum Gasteiger partial charge on any atom is -0.351 e. The SMILES string of the molecule is O=C(NCCN1CCN(CN2CCN(CC(=O)N3CCN(C(=O)c4cc(Cc5n[nH]c(=O)c6ccccc56)ccc4F)CC3)CC2)CC1)c1cccc([C@H]2CCCN(C(=O)CN3Cc4cncnc4C3)C2)c1. The number of likely N-dealkylation sites (tertiary alicyclic amines) is 1. The Hall–Kier alpha value is -6.51. The van der Waals surface area contributed by atoms with Crippen LogP contribution < -0.4 is 10.9 Å². The molecule has 2 aromatic heterocycles. The Bertz CT molecular complexity index is 2800. The molecular formula is C53H64FN13O5. The molecule has 4 fully saturated rings. The van der Waals surface area contributed by atoms with Gasteiger partial charge in [0.25, 0.3) is 17.4 Å². The fraction of sp³-hybridized carbons (Fsp3) is 0.472. The van der Waals surface area contributed by atoms with Crippen LogP contribution in [-0.2, 0) is 29.1 Å². The van der Waals surface area contributed by atoms with Crippen molar-refractivity contribution in [2.45, 2.75) is 38.3 Å². The number of halogens is 1. The van der Waals surface area contributed by atoms with Crippen molar-refractivity contribution in [3.63, 3.8) is 0 Å². The predicted molar refractivity (Wildman–Crippen MR) is 268 cm³/mol. The van der Waals surface area contributed by atoms with Gasteiger partial charge < -0.3 is 20.0 Å². The van der Waals surface area contributed by atoms with Gasteiger partial charge in [0.15, 0.2) is 0 Å². The summed E-state index contributed by atoms with van der Waals surface area (Å²) in [7, 11) is 0. The van der Waals surface area contributed by atoms with Gasteiger partial charge in [-0.2, -0.15) is 5.10 Å². The number of piperazine rings is 3. The van der Waals surface area contributed by atoms with Crippen LogP contribution in [0.5, 0.6) is 0 Å². The second kappa shape index (κ2) is 22.5. The number of rotatable bonds is 14. The first kappa shape index (κ1) is 49.1. The Morgan fingerprint density at radius 1 is 0.708 bits per heavy atom. The third kappa shape index (κ3) is 11.7. The summed E-state index contributed by atoms with van der Waals surface area (Å²) in [5, 5.41) is 11.1. The van der Waals surface area contributed by atoms with Crippen LogP contribution in [0.15, 0.2) is 84.0 Å². The van der Waals surface area contributed by atoms with Crippen molar-refractivity contribution in [2.75, 3.05) is 124 Å². The van der Waals surface area contributed by atoms with Gasteiger partial charge in [-0.15, -0.1) is 0 Å². The molecule has 5 aliphatic heterocycles. The number of fused-ring (bicyclic) bond motifs is 2. The van der Waals surface area contributed by atoms with Crippen LogP contribution in [0.4, 0.5) is 4.39 Å². The third-order valence-corrected chi connectivity index (χ3v) is 15.1. The molecular weight excluding hydrogens is 918 g/mol. The molecule has 0 unspecified atom stereocenters. The molecule has 378 valence electrons. The van der Waals surface area contributed by atoms with Crippen molar-refractivity contribution >= 4 is 34.4 Å². The topological polar surface area (TPSA) is 178 Å². The second-order valence-corrected chi connectivity index (χ2v) is 19.9. The number of nitrogens with zero attached hydrogens (tertiary/aromatic N) is 11. The van der Waals surface area contributed by atoms with Crippen molar-refractivity contribution in [1.82, 2.24) is 64.7 Å². The number of hydrogen-bond acceptors (Lipinski definition) is 13. The molecule has 3 aromatic carbocycles. The first-order valence-corrected chi connectivity index (χ1v) is 25.5. The van der Waals surface area contributed by atoms with Crippen LogP contribution in [0.2, 0.25) is 0 Å². The molecule has 0 spiro atoms. The number of carbonyl (C=O) groups is 4. The zero-order chi connectivity index (χ0) is 49.6. The number of benzene rings is 3. The summed E-state index contributed by atoms with van der Waals surface area (Å²) in [6.45, 7) is 14.3. The number of H-pyrrole nitrogens is 1. The molecule has 5 aromatic rings. The first-order chi connectivity index (χ1) is 35.1.